The standard InChI is InChI=1S/C20H18ClN3O2/c21-17-12-22-9-8-18(17)26-15-5-3-11-24(13-15)20(25)19-16-6-2-1-4-14(16)7-10-23-19/h1-2,4,6-10,12,15H,3,5,11,13H2/t15-/m0/s1. The van der Waals surface area contributed by atoms with E-state index in [1.807, 2.05) is 35.2 Å². The van der Waals surface area contributed by atoms with E-state index in [0.29, 0.717) is 29.6 Å². The van der Waals surface area contributed by atoms with Crippen LogP contribution in [0.3, 0.4) is 0 Å². The van der Waals surface area contributed by atoms with Crippen LogP contribution in [-0.4, -0.2) is 40.0 Å². The number of pyridine rings is 2. The first kappa shape index (κ1) is 16.8. The number of halogens is 1. The highest BCUT2D eigenvalue weighted by Gasteiger charge is 2.27. The average molecular weight is 368 g/mol. The van der Waals surface area contributed by atoms with Crippen LogP contribution in [0.2, 0.25) is 5.02 Å². The van der Waals surface area contributed by atoms with Gasteiger partial charge in [-0.25, -0.2) is 0 Å². The fourth-order valence-electron chi connectivity index (χ4n) is 3.30. The number of aromatic nitrogens is 2. The van der Waals surface area contributed by atoms with Crippen LogP contribution in [0.25, 0.3) is 10.8 Å². The molecular formula is C20H18ClN3O2. The van der Waals surface area contributed by atoms with Gasteiger partial charge in [-0.05, 0) is 24.3 Å². The number of piperidine rings is 1. The van der Waals surface area contributed by atoms with Crippen LogP contribution < -0.4 is 4.74 Å². The molecule has 2 aromatic heterocycles. The van der Waals surface area contributed by atoms with E-state index < -0.39 is 0 Å². The monoisotopic (exact) mass is 367 g/mol. The Labute approximate surface area is 156 Å². The smallest absolute Gasteiger partial charge is 0.273 e. The maximum Gasteiger partial charge on any atom is 0.273 e. The van der Waals surface area contributed by atoms with Crippen molar-refractivity contribution in [1.82, 2.24) is 14.9 Å². The Balaban J connectivity index is 1.54. The Morgan fingerprint density at radius 2 is 2.08 bits per heavy atom. The number of carbonyl (C=O) groups is 1. The molecule has 132 valence electrons. The number of carbonyl (C=O) groups excluding carboxylic acids is 1. The number of hydrogen-bond acceptors (Lipinski definition) is 4. The molecule has 1 atom stereocenters. The molecule has 1 amide bonds. The van der Waals surface area contributed by atoms with E-state index in [0.717, 1.165) is 23.6 Å². The molecule has 3 aromatic rings. The summed E-state index contributed by atoms with van der Waals surface area (Å²) >= 11 is 6.13. The van der Waals surface area contributed by atoms with Crippen molar-refractivity contribution in [2.24, 2.45) is 0 Å². The highest BCUT2D eigenvalue weighted by atomic mass is 35.5. The van der Waals surface area contributed by atoms with Gasteiger partial charge in [0.15, 0.2) is 0 Å². The van der Waals surface area contributed by atoms with E-state index in [1.54, 1.807) is 24.7 Å². The predicted octanol–water partition coefficient (Wildman–Crippen LogP) is 3.97. The second-order valence-electron chi connectivity index (χ2n) is 6.32. The molecule has 3 heterocycles. The molecule has 0 aliphatic carbocycles. The zero-order valence-electron chi connectivity index (χ0n) is 14.1. The molecule has 0 saturated carbocycles. The Morgan fingerprint density at radius 3 is 2.96 bits per heavy atom. The van der Waals surface area contributed by atoms with Gasteiger partial charge < -0.3 is 9.64 Å². The van der Waals surface area contributed by atoms with Gasteiger partial charge in [0.05, 0.1) is 6.54 Å². The summed E-state index contributed by atoms with van der Waals surface area (Å²) in [7, 11) is 0. The zero-order chi connectivity index (χ0) is 17.9. The molecule has 1 saturated heterocycles. The quantitative estimate of drug-likeness (QED) is 0.703. The Kier molecular flexibility index (Phi) is 4.71. The molecule has 1 aromatic carbocycles. The molecule has 0 spiro atoms. The van der Waals surface area contributed by atoms with Crippen LogP contribution in [0.1, 0.15) is 23.3 Å². The lowest BCUT2D eigenvalue weighted by atomic mass is 10.1. The van der Waals surface area contributed by atoms with Crippen LogP contribution in [-0.2, 0) is 0 Å². The maximum atomic E-state index is 13.1. The second-order valence-corrected chi connectivity index (χ2v) is 6.73. The normalized spacial score (nSPS) is 17.3. The van der Waals surface area contributed by atoms with Crippen LogP contribution >= 0.6 is 11.6 Å². The summed E-state index contributed by atoms with van der Waals surface area (Å²) < 4.78 is 6.00. The first-order valence-corrected chi connectivity index (χ1v) is 8.99. The van der Waals surface area contributed by atoms with E-state index in [4.69, 9.17) is 16.3 Å². The molecule has 5 nitrogen and oxygen atoms in total. The Bertz CT molecular complexity index is 942. The lowest BCUT2D eigenvalue weighted by molar-refractivity contribution is 0.0535. The van der Waals surface area contributed by atoms with Crippen molar-refractivity contribution < 1.29 is 9.53 Å². The molecule has 6 heteroatoms. The van der Waals surface area contributed by atoms with Gasteiger partial charge in [0.2, 0.25) is 0 Å². The fourth-order valence-corrected chi connectivity index (χ4v) is 3.46. The minimum atomic E-state index is -0.0948. The van der Waals surface area contributed by atoms with Gasteiger partial charge in [-0.3, -0.25) is 14.8 Å². The first-order chi connectivity index (χ1) is 12.7. The van der Waals surface area contributed by atoms with Crippen molar-refractivity contribution in [3.05, 3.63) is 65.7 Å². The van der Waals surface area contributed by atoms with E-state index in [2.05, 4.69) is 9.97 Å². The van der Waals surface area contributed by atoms with Crippen molar-refractivity contribution in [3.8, 4) is 5.75 Å². The van der Waals surface area contributed by atoms with Gasteiger partial charge >= 0.3 is 0 Å². The highest BCUT2D eigenvalue weighted by Crippen LogP contribution is 2.26. The number of hydrogen-bond donors (Lipinski definition) is 0. The molecule has 1 aliphatic rings. The number of rotatable bonds is 3. The van der Waals surface area contributed by atoms with Gasteiger partial charge in [0.25, 0.3) is 5.91 Å². The minimum Gasteiger partial charge on any atom is -0.487 e. The molecule has 1 fully saturated rings. The molecule has 0 N–H and O–H groups in total. The largest absolute Gasteiger partial charge is 0.487 e. The van der Waals surface area contributed by atoms with E-state index >= 15 is 0 Å². The van der Waals surface area contributed by atoms with Gasteiger partial charge in [-0.2, -0.15) is 0 Å². The van der Waals surface area contributed by atoms with Crippen LogP contribution in [0.5, 0.6) is 5.75 Å². The summed E-state index contributed by atoms with van der Waals surface area (Å²) in [5, 5.41) is 2.37. The summed E-state index contributed by atoms with van der Waals surface area (Å²) in [6.45, 7) is 1.22. The molecule has 0 radical (unpaired) electrons. The SMILES string of the molecule is O=C(c1nccc2ccccc12)N1CCC[C@H](Oc2ccncc2Cl)C1. The highest BCUT2D eigenvalue weighted by molar-refractivity contribution is 6.31. The van der Waals surface area contributed by atoms with E-state index in [1.165, 1.54) is 0 Å². The maximum absolute atomic E-state index is 13.1. The van der Waals surface area contributed by atoms with Crippen molar-refractivity contribution in [3.63, 3.8) is 0 Å². The van der Waals surface area contributed by atoms with Crippen LogP contribution in [0.4, 0.5) is 0 Å². The van der Waals surface area contributed by atoms with Crippen molar-refractivity contribution in [2.45, 2.75) is 18.9 Å². The second kappa shape index (κ2) is 7.30. The summed E-state index contributed by atoms with van der Waals surface area (Å²) in [6.07, 6.45) is 6.55. The van der Waals surface area contributed by atoms with E-state index in [9.17, 15) is 4.79 Å². The van der Waals surface area contributed by atoms with Crippen molar-refractivity contribution >= 4 is 28.3 Å². The molecular weight excluding hydrogens is 350 g/mol. The number of ether oxygens (including phenoxy) is 1. The van der Waals surface area contributed by atoms with Crippen LogP contribution in [0, 0.1) is 0 Å². The first-order valence-electron chi connectivity index (χ1n) is 8.61. The third kappa shape index (κ3) is 3.35. The average Bonchev–Trinajstić information content (AvgIpc) is 2.69. The third-order valence-corrected chi connectivity index (χ3v) is 4.85. The number of likely N-dealkylation sites (tertiary alicyclic amines) is 1. The predicted molar refractivity (Wildman–Crippen MR) is 101 cm³/mol. The summed E-state index contributed by atoms with van der Waals surface area (Å²) in [5.74, 6) is 0.542. The van der Waals surface area contributed by atoms with Gasteiger partial charge in [-0.1, -0.05) is 35.9 Å². The molecule has 26 heavy (non-hydrogen) atoms. The van der Waals surface area contributed by atoms with Crippen molar-refractivity contribution in [1.29, 1.82) is 0 Å². The van der Waals surface area contributed by atoms with Gasteiger partial charge in [-0.15, -0.1) is 0 Å². The molecule has 1 aliphatic heterocycles. The lowest BCUT2D eigenvalue weighted by Crippen LogP contribution is -2.44. The van der Waals surface area contributed by atoms with Crippen molar-refractivity contribution in [2.75, 3.05) is 13.1 Å². The molecule has 4 rings (SSSR count). The fraction of sp³-hybridized carbons (Fsp3) is 0.250. The lowest BCUT2D eigenvalue weighted by Gasteiger charge is -2.33. The molecule has 0 unspecified atom stereocenters. The van der Waals surface area contributed by atoms with Gasteiger partial charge in [0.1, 0.15) is 22.6 Å². The Morgan fingerprint density at radius 1 is 1.19 bits per heavy atom. The van der Waals surface area contributed by atoms with E-state index in [-0.39, 0.29) is 12.0 Å². The summed E-state index contributed by atoms with van der Waals surface area (Å²) in [5.41, 5.74) is 0.491. The summed E-state index contributed by atoms with van der Waals surface area (Å²) in [6, 6.07) is 11.5. The minimum absolute atomic E-state index is 0.0593. The molecule has 0 bridgehead atoms. The van der Waals surface area contributed by atoms with Gasteiger partial charge in [0, 0.05) is 36.6 Å². The van der Waals surface area contributed by atoms with Crippen LogP contribution in [0.15, 0.2) is 55.0 Å². The number of fused-ring (bicyclic) bond motifs is 1. The Hall–Kier alpha value is -2.66. The number of benzene rings is 1. The summed E-state index contributed by atoms with van der Waals surface area (Å²) in [4.78, 5) is 23.2. The number of amides is 1. The number of nitrogens with zero attached hydrogens (tertiary/aromatic N) is 3. The zero-order valence-corrected chi connectivity index (χ0v) is 14.9. The third-order valence-electron chi connectivity index (χ3n) is 4.57. The topological polar surface area (TPSA) is 55.3 Å².